The average molecular weight is 609 g/mol. The van der Waals surface area contributed by atoms with Crippen LogP contribution in [0.5, 0.6) is 5.75 Å². The van der Waals surface area contributed by atoms with Crippen LogP contribution in [-0.4, -0.2) is 30.3 Å². The van der Waals surface area contributed by atoms with Crippen LogP contribution in [0.15, 0.2) is 48.5 Å². The van der Waals surface area contributed by atoms with Crippen molar-refractivity contribution in [3.63, 3.8) is 0 Å². The topological polar surface area (TPSA) is 21.3 Å². The first kappa shape index (κ1) is 27.6. The molecule has 0 heterocycles. The number of rotatable bonds is 17. The second-order valence-corrected chi connectivity index (χ2v) is 23.1. The van der Waals surface area contributed by atoms with Crippen molar-refractivity contribution in [1.82, 2.24) is 0 Å². The summed E-state index contributed by atoms with van der Waals surface area (Å²) in [7, 11) is 0. The summed E-state index contributed by atoms with van der Waals surface area (Å²) >= 11 is 1.14. The van der Waals surface area contributed by atoms with Gasteiger partial charge < -0.3 is 0 Å². The average Bonchev–Trinajstić information content (AvgIpc) is 2.83. The third kappa shape index (κ3) is 9.29. The van der Waals surface area contributed by atoms with Crippen molar-refractivity contribution in [3.8, 4) is 5.75 Å². The van der Waals surface area contributed by atoms with Crippen LogP contribution in [0.1, 0.15) is 72.1 Å². The molecule has 0 spiro atoms. The molecular weight excluding hydrogens is 565 g/mol. The van der Waals surface area contributed by atoms with Gasteiger partial charge in [0.2, 0.25) is 0 Å². The summed E-state index contributed by atoms with van der Waals surface area (Å²) in [5.41, 5.74) is 2.30. The van der Waals surface area contributed by atoms with Crippen LogP contribution in [0.2, 0.25) is 13.3 Å². The summed E-state index contributed by atoms with van der Waals surface area (Å²) < 4.78 is 12.1. The first-order chi connectivity index (χ1) is 15.7. The number of unbranched alkanes of at least 4 members (excludes halogenated alkanes) is 4. The zero-order chi connectivity index (χ0) is 23.1. The fraction of sp³-hybridized carbons (Fsp3) is 0.571. The molecule has 0 aliphatic heterocycles. The van der Waals surface area contributed by atoms with E-state index in [9.17, 15) is 0 Å². The quantitative estimate of drug-likeness (QED) is 0.110. The van der Waals surface area contributed by atoms with Gasteiger partial charge in [-0.25, -0.2) is 0 Å². The van der Waals surface area contributed by atoms with Crippen molar-refractivity contribution in [2.45, 2.75) is 85.4 Å². The molecule has 178 valence electrons. The van der Waals surface area contributed by atoms with Gasteiger partial charge in [-0.15, -0.1) is 0 Å². The molecule has 2 aromatic rings. The Morgan fingerprint density at radius 1 is 0.688 bits per heavy atom. The van der Waals surface area contributed by atoms with E-state index in [1.165, 1.54) is 57.5 Å². The second kappa shape index (κ2) is 16.0. The summed E-state index contributed by atoms with van der Waals surface area (Å²) in [6, 6.07) is 17.9. The second-order valence-electron chi connectivity index (χ2n) is 9.06. The molecule has 2 rings (SSSR count). The van der Waals surface area contributed by atoms with E-state index in [1.807, 2.05) is 0 Å². The fourth-order valence-electron chi connectivity index (χ4n) is 4.45. The fourth-order valence-corrected chi connectivity index (χ4v) is 20.8. The normalized spacial score (nSPS) is 11.5. The van der Waals surface area contributed by atoms with E-state index < -0.39 is 18.4 Å². The van der Waals surface area contributed by atoms with Crippen LogP contribution in [0.25, 0.3) is 0 Å². The number of ether oxygens (including phenoxy) is 1. The predicted octanol–water partition coefficient (Wildman–Crippen LogP) is 9.04. The molecule has 0 fully saturated rings. The minimum absolute atomic E-state index is 0.779. The molecule has 0 radical (unpaired) electrons. The molecular formula is C28H44BrNOSn. The van der Waals surface area contributed by atoms with Gasteiger partial charge in [-0.1, -0.05) is 15.9 Å². The molecule has 0 saturated carbocycles. The van der Waals surface area contributed by atoms with E-state index in [2.05, 4.69) is 90.5 Å². The van der Waals surface area contributed by atoms with Gasteiger partial charge in [0.1, 0.15) is 0 Å². The Morgan fingerprint density at radius 2 is 1.19 bits per heavy atom. The molecule has 4 heteroatoms. The van der Waals surface area contributed by atoms with Crippen LogP contribution in [-0.2, 0) is 0 Å². The van der Waals surface area contributed by atoms with E-state index in [-0.39, 0.29) is 0 Å². The third-order valence-corrected chi connectivity index (χ3v) is 22.7. The Bertz CT molecular complexity index is 710. The van der Waals surface area contributed by atoms with E-state index in [0.29, 0.717) is 0 Å². The number of hydrogen-bond donors (Lipinski definition) is 1. The summed E-state index contributed by atoms with van der Waals surface area (Å²) in [5, 5.41) is 4.62. The van der Waals surface area contributed by atoms with Crippen LogP contribution in [0.4, 0.5) is 11.4 Å². The summed E-state index contributed by atoms with van der Waals surface area (Å²) in [6.07, 6.45) is 10.4. The number of hydrogen-bond acceptors (Lipinski definition) is 2. The van der Waals surface area contributed by atoms with Gasteiger partial charge in [-0.3, -0.25) is 0 Å². The SMILES string of the molecule is CCC[CH2][Sn]([CH2]CCC)([CH2]CCC)[c]1ccc(Nc2ccc(OCCCCBr)cc2)cc1. The number of benzene rings is 2. The molecule has 32 heavy (non-hydrogen) atoms. The number of anilines is 2. The maximum absolute atomic E-state index is 5.82. The number of alkyl halides is 1. The first-order valence-corrected chi connectivity index (χ1v) is 21.4. The van der Waals surface area contributed by atoms with E-state index in [0.717, 1.165) is 36.2 Å². The summed E-state index contributed by atoms with van der Waals surface area (Å²) in [4.78, 5) is 0. The van der Waals surface area contributed by atoms with Crippen molar-refractivity contribution in [1.29, 1.82) is 0 Å². The molecule has 2 nitrogen and oxygen atoms in total. The van der Waals surface area contributed by atoms with Gasteiger partial charge in [-0.2, -0.15) is 0 Å². The van der Waals surface area contributed by atoms with Gasteiger partial charge in [0, 0.05) is 5.33 Å². The van der Waals surface area contributed by atoms with E-state index >= 15 is 0 Å². The zero-order valence-corrected chi connectivity index (χ0v) is 25.0. The molecule has 0 atom stereocenters. The van der Waals surface area contributed by atoms with Crippen molar-refractivity contribution >= 4 is 49.3 Å². The Hall–Kier alpha value is -0.681. The Balaban J connectivity index is 2.06. The number of nitrogens with one attached hydrogen (secondary N) is 1. The Labute approximate surface area is 209 Å². The molecule has 0 aromatic heterocycles. The standard InChI is InChI=1S/C16H17BrNO.3C4H9.Sn/c17-12-4-5-13-19-16-10-8-15(9-11-16)18-14-6-2-1-3-7-14;3*1-3-4-2;/h2-3,6-11,18H,4-5,12-13H2;3*1,3-4H2,2H3;. The van der Waals surface area contributed by atoms with Crippen LogP contribution in [0.3, 0.4) is 0 Å². The Morgan fingerprint density at radius 3 is 1.66 bits per heavy atom. The summed E-state index contributed by atoms with van der Waals surface area (Å²) in [5.74, 6) is 0.946. The van der Waals surface area contributed by atoms with E-state index in [1.54, 1.807) is 3.58 Å². The van der Waals surface area contributed by atoms with Crippen molar-refractivity contribution in [2.24, 2.45) is 0 Å². The van der Waals surface area contributed by atoms with Gasteiger partial charge in [0.25, 0.3) is 0 Å². The maximum atomic E-state index is 5.82. The molecule has 0 bridgehead atoms. The van der Waals surface area contributed by atoms with Gasteiger partial charge >= 0.3 is 183 Å². The van der Waals surface area contributed by atoms with Gasteiger partial charge in [-0.05, 0) is 6.42 Å². The first-order valence-electron chi connectivity index (χ1n) is 12.8. The van der Waals surface area contributed by atoms with Crippen molar-refractivity contribution in [3.05, 3.63) is 48.5 Å². The molecule has 1 N–H and O–H groups in total. The van der Waals surface area contributed by atoms with Gasteiger partial charge in [0.15, 0.2) is 0 Å². The van der Waals surface area contributed by atoms with E-state index in [4.69, 9.17) is 4.74 Å². The molecule has 0 aliphatic rings. The molecule has 0 unspecified atom stereocenters. The van der Waals surface area contributed by atoms with Crippen molar-refractivity contribution in [2.75, 3.05) is 17.3 Å². The van der Waals surface area contributed by atoms with Crippen LogP contribution in [0, 0.1) is 0 Å². The van der Waals surface area contributed by atoms with Crippen LogP contribution >= 0.6 is 15.9 Å². The molecule has 0 saturated heterocycles. The summed E-state index contributed by atoms with van der Waals surface area (Å²) in [6.45, 7) is 7.83. The number of halogens is 1. The third-order valence-electron chi connectivity index (χ3n) is 6.46. The molecule has 0 amide bonds. The molecule has 0 aliphatic carbocycles. The Kier molecular flexibility index (Phi) is 13.8. The van der Waals surface area contributed by atoms with Crippen molar-refractivity contribution < 1.29 is 4.74 Å². The monoisotopic (exact) mass is 609 g/mol. The van der Waals surface area contributed by atoms with Gasteiger partial charge in [0.05, 0.1) is 0 Å². The zero-order valence-electron chi connectivity index (χ0n) is 20.6. The van der Waals surface area contributed by atoms with Crippen LogP contribution < -0.4 is 13.6 Å². The minimum atomic E-state index is -2.33. The predicted molar refractivity (Wildman–Crippen MR) is 149 cm³/mol. The molecule has 2 aromatic carbocycles.